The van der Waals surface area contributed by atoms with Crippen LogP contribution < -0.4 is 4.74 Å². The Labute approximate surface area is 161 Å². The summed E-state index contributed by atoms with van der Waals surface area (Å²) in [5, 5.41) is 9.98. The number of para-hydroxylation sites is 1. The lowest BCUT2D eigenvalue weighted by atomic mass is 9.78. The van der Waals surface area contributed by atoms with E-state index < -0.39 is 23.2 Å². The summed E-state index contributed by atoms with van der Waals surface area (Å²) in [6, 6.07) is 9.33. The molecule has 2 fully saturated rings. The average Bonchev–Trinajstić information content (AvgIpc) is 3.22. The lowest BCUT2D eigenvalue weighted by Gasteiger charge is -2.27. The molecule has 7 heteroatoms. The SMILES string of the molecule is N#Cc1cnc2ccccc2c1OCCOC(=O)C1CCCC2(C1)CC2(F)F. The molecule has 4 rings (SSSR count). The summed E-state index contributed by atoms with van der Waals surface area (Å²) < 4.78 is 38.2. The molecule has 28 heavy (non-hydrogen) atoms. The molecule has 5 nitrogen and oxygen atoms in total. The van der Waals surface area contributed by atoms with Crippen LogP contribution in [0.3, 0.4) is 0 Å². The maximum absolute atomic E-state index is 13.6. The number of pyridine rings is 1. The first kappa shape index (κ1) is 18.6. The van der Waals surface area contributed by atoms with Crippen molar-refractivity contribution in [1.82, 2.24) is 4.98 Å². The number of ether oxygens (including phenoxy) is 2. The highest BCUT2D eigenvalue weighted by molar-refractivity contribution is 5.87. The predicted molar refractivity (Wildman–Crippen MR) is 96.9 cm³/mol. The third-order valence-electron chi connectivity index (χ3n) is 5.81. The highest BCUT2D eigenvalue weighted by atomic mass is 19.3. The van der Waals surface area contributed by atoms with Crippen molar-refractivity contribution in [2.45, 2.75) is 38.0 Å². The van der Waals surface area contributed by atoms with Crippen LogP contribution >= 0.6 is 0 Å². The molecule has 2 saturated carbocycles. The van der Waals surface area contributed by atoms with Crippen molar-refractivity contribution in [3.05, 3.63) is 36.0 Å². The minimum Gasteiger partial charge on any atom is -0.488 e. The highest BCUT2D eigenvalue weighted by Gasteiger charge is 2.71. The average molecular weight is 386 g/mol. The summed E-state index contributed by atoms with van der Waals surface area (Å²) in [6.45, 7) is 0.0721. The third-order valence-corrected chi connectivity index (χ3v) is 5.81. The molecule has 0 aliphatic heterocycles. The van der Waals surface area contributed by atoms with E-state index in [1.54, 1.807) is 0 Å². The van der Waals surface area contributed by atoms with Crippen LogP contribution in [0.15, 0.2) is 30.5 Å². The molecule has 2 atom stereocenters. The van der Waals surface area contributed by atoms with Crippen LogP contribution in [0, 0.1) is 22.7 Å². The molecular weight excluding hydrogens is 366 g/mol. The van der Waals surface area contributed by atoms with Crippen LogP contribution in [-0.2, 0) is 9.53 Å². The van der Waals surface area contributed by atoms with E-state index in [1.807, 2.05) is 30.3 Å². The second-order valence-corrected chi connectivity index (χ2v) is 7.60. The van der Waals surface area contributed by atoms with E-state index in [0.29, 0.717) is 41.5 Å². The Hall–Kier alpha value is -2.75. The van der Waals surface area contributed by atoms with Crippen molar-refractivity contribution in [2.24, 2.45) is 11.3 Å². The lowest BCUT2D eigenvalue weighted by Crippen LogP contribution is -2.29. The number of hydrogen-bond donors (Lipinski definition) is 0. The Morgan fingerprint density at radius 1 is 1.32 bits per heavy atom. The first-order chi connectivity index (χ1) is 13.5. The summed E-state index contributed by atoms with van der Waals surface area (Å²) in [5.74, 6) is -3.15. The van der Waals surface area contributed by atoms with Crippen LogP contribution in [0.5, 0.6) is 5.75 Å². The van der Waals surface area contributed by atoms with Gasteiger partial charge in [0.05, 0.1) is 11.4 Å². The molecule has 0 saturated heterocycles. The summed E-state index contributed by atoms with van der Waals surface area (Å²) in [5.41, 5.74) is 0.0184. The van der Waals surface area contributed by atoms with E-state index in [0.717, 1.165) is 0 Å². The normalized spacial score (nSPS) is 25.2. The predicted octanol–water partition coefficient (Wildman–Crippen LogP) is 4.24. The van der Waals surface area contributed by atoms with Gasteiger partial charge in [-0.05, 0) is 31.4 Å². The van der Waals surface area contributed by atoms with E-state index in [4.69, 9.17) is 9.47 Å². The van der Waals surface area contributed by atoms with Crippen LogP contribution in [0.4, 0.5) is 8.78 Å². The topological polar surface area (TPSA) is 72.2 Å². The second-order valence-electron chi connectivity index (χ2n) is 7.60. The molecule has 2 aliphatic rings. The monoisotopic (exact) mass is 386 g/mol. The molecule has 146 valence electrons. The number of carbonyl (C=O) groups excluding carboxylic acids is 1. The molecule has 0 radical (unpaired) electrons. The maximum Gasteiger partial charge on any atom is 0.309 e. The van der Waals surface area contributed by atoms with Gasteiger partial charge in [0, 0.05) is 23.4 Å². The lowest BCUT2D eigenvalue weighted by molar-refractivity contribution is -0.151. The number of aromatic nitrogens is 1. The van der Waals surface area contributed by atoms with Gasteiger partial charge in [0.15, 0.2) is 0 Å². The number of benzene rings is 1. The molecule has 1 heterocycles. The molecule has 0 N–H and O–H groups in total. The fourth-order valence-corrected chi connectivity index (χ4v) is 4.19. The van der Waals surface area contributed by atoms with Gasteiger partial charge < -0.3 is 9.47 Å². The number of nitriles is 1. The quantitative estimate of drug-likeness (QED) is 0.568. The zero-order valence-electron chi connectivity index (χ0n) is 15.3. The number of halogens is 2. The molecule has 2 aromatic rings. The largest absolute Gasteiger partial charge is 0.488 e. The van der Waals surface area contributed by atoms with Gasteiger partial charge in [0.2, 0.25) is 0 Å². The summed E-state index contributed by atoms with van der Waals surface area (Å²) >= 11 is 0. The van der Waals surface area contributed by atoms with Crippen LogP contribution in [0.1, 0.15) is 37.7 Å². The zero-order valence-corrected chi connectivity index (χ0v) is 15.3. The van der Waals surface area contributed by atoms with Crippen LogP contribution in [-0.4, -0.2) is 30.1 Å². The number of carbonyl (C=O) groups is 1. The summed E-state index contributed by atoms with van der Waals surface area (Å²) in [7, 11) is 0. The van der Waals surface area contributed by atoms with Crippen LogP contribution in [0.25, 0.3) is 10.9 Å². The maximum atomic E-state index is 13.6. The van der Waals surface area contributed by atoms with Gasteiger partial charge in [0.1, 0.15) is 30.6 Å². The highest BCUT2D eigenvalue weighted by Crippen LogP contribution is 2.68. The summed E-state index contributed by atoms with van der Waals surface area (Å²) in [4.78, 5) is 16.5. The first-order valence-corrected chi connectivity index (χ1v) is 9.41. The van der Waals surface area contributed by atoms with E-state index in [-0.39, 0.29) is 26.1 Å². The molecule has 0 bridgehead atoms. The van der Waals surface area contributed by atoms with Crippen molar-refractivity contribution < 1.29 is 23.0 Å². The van der Waals surface area contributed by atoms with Crippen molar-refractivity contribution in [2.75, 3.05) is 13.2 Å². The molecule has 2 unspecified atom stereocenters. The Morgan fingerprint density at radius 3 is 2.86 bits per heavy atom. The van der Waals surface area contributed by atoms with Gasteiger partial charge in [-0.25, -0.2) is 8.78 Å². The Morgan fingerprint density at radius 2 is 2.11 bits per heavy atom. The fraction of sp³-hybridized carbons (Fsp3) is 0.476. The Kier molecular flexibility index (Phi) is 4.66. The molecule has 2 aliphatic carbocycles. The van der Waals surface area contributed by atoms with E-state index in [1.165, 1.54) is 6.20 Å². The molecular formula is C21H20F2N2O3. The Balaban J connectivity index is 1.33. The molecule has 1 aromatic carbocycles. The number of fused-ring (bicyclic) bond motifs is 1. The number of esters is 1. The molecule has 1 aromatic heterocycles. The standard InChI is InChI=1S/C21H20F2N2O3/c22-21(23)13-20(21)7-3-4-14(10-20)19(26)28-9-8-27-18-15(11-24)12-25-17-6-2-1-5-16(17)18/h1-2,5-6,12,14H,3-4,7-10,13H2. The minimum atomic E-state index is -2.63. The number of hydrogen-bond acceptors (Lipinski definition) is 5. The fourth-order valence-electron chi connectivity index (χ4n) is 4.19. The third kappa shape index (κ3) is 3.28. The van der Waals surface area contributed by atoms with Crippen molar-refractivity contribution in [3.8, 4) is 11.8 Å². The van der Waals surface area contributed by atoms with E-state index in [2.05, 4.69) is 4.98 Å². The second kappa shape index (κ2) is 7.01. The van der Waals surface area contributed by atoms with Gasteiger partial charge in [0.25, 0.3) is 5.92 Å². The van der Waals surface area contributed by atoms with Crippen LogP contribution in [0.2, 0.25) is 0 Å². The van der Waals surface area contributed by atoms with Gasteiger partial charge in [-0.1, -0.05) is 18.6 Å². The van der Waals surface area contributed by atoms with Gasteiger partial charge in [-0.15, -0.1) is 0 Å². The van der Waals surface area contributed by atoms with Gasteiger partial charge in [-0.3, -0.25) is 9.78 Å². The smallest absolute Gasteiger partial charge is 0.309 e. The number of rotatable bonds is 5. The zero-order chi connectivity index (χ0) is 19.8. The van der Waals surface area contributed by atoms with E-state index >= 15 is 0 Å². The number of nitrogens with zero attached hydrogens (tertiary/aromatic N) is 2. The first-order valence-electron chi connectivity index (χ1n) is 9.41. The van der Waals surface area contributed by atoms with Crippen molar-refractivity contribution >= 4 is 16.9 Å². The van der Waals surface area contributed by atoms with E-state index in [9.17, 15) is 18.8 Å². The van der Waals surface area contributed by atoms with Crippen molar-refractivity contribution in [3.63, 3.8) is 0 Å². The molecule has 0 amide bonds. The summed E-state index contributed by atoms with van der Waals surface area (Å²) in [6.07, 6.45) is 3.23. The van der Waals surface area contributed by atoms with Gasteiger partial charge >= 0.3 is 5.97 Å². The number of alkyl halides is 2. The Bertz CT molecular complexity index is 956. The van der Waals surface area contributed by atoms with Crippen molar-refractivity contribution in [1.29, 1.82) is 5.26 Å². The molecule has 1 spiro atoms. The van der Waals surface area contributed by atoms with Gasteiger partial charge in [-0.2, -0.15) is 5.26 Å². The minimum absolute atomic E-state index is 0.000243.